The van der Waals surface area contributed by atoms with Gasteiger partial charge >= 0.3 is 0 Å². The zero-order chi connectivity index (χ0) is 13.2. The van der Waals surface area contributed by atoms with Crippen molar-refractivity contribution in [1.82, 2.24) is 10.6 Å². The van der Waals surface area contributed by atoms with Crippen LogP contribution in [0.5, 0.6) is 11.5 Å². The fourth-order valence-electron chi connectivity index (χ4n) is 2.55. The van der Waals surface area contributed by atoms with E-state index in [9.17, 15) is 4.79 Å². The van der Waals surface area contributed by atoms with Gasteiger partial charge in [-0.1, -0.05) is 0 Å². The summed E-state index contributed by atoms with van der Waals surface area (Å²) in [5.74, 6) is 1.79. The lowest BCUT2D eigenvalue weighted by Crippen LogP contribution is -2.38. The zero-order valence-corrected chi connectivity index (χ0v) is 10.9. The molecular weight excluding hydrogens is 244 g/mol. The molecule has 3 rings (SSSR count). The van der Waals surface area contributed by atoms with Crippen LogP contribution in [0.3, 0.4) is 0 Å². The van der Waals surface area contributed by atoms with Crippen LogP contribution in [-0.2, 0) is 0 Å². The molecule has 2 N–H and O–H groups in total. The number of fused-ring (bicyclic) bond motifs is 1. The van der Waals surface area contributed by atoms with Crippen LogP contribution in [-0.4, -0.2) is 31.8 Å². The van der Waals surface area contributed by atoms with Crippen LogP contribution in [0.4, 0.5) is 0 Å². The summed E-state index contributed by atoms with van der Waals surface area (Å²) >= 11 is 0. The van der Waals surface area contributed by atoms with Crippen LogP contribution >= 0.6 is 0 Å². The van der Waals surface area contributed by atoms with Gasteiger partial charge in [-0.3, -0.25) is 4.79 Å². The Bertz CT molecular complexity index is 484. The summed E-state index contributed by atoms with van der Waals surface area (Å²) < 4.78 is 10.5. The van der Waals surface area contributed by atoms with E-state index in [-0.39, 0.29) is 18.7 Å². The number of carbonyl (C=O) groups excluding carboxylic acids is 1. The summed E-state index contributed by atoms with van der Waals surface area (Å²) in [7, 11) is 0. The Labute approximate surface area is 112 Å². The average Bonchev–Trinajstić information content (AvgIpc) is 3.09. The highest BCUT2D eigenvalue weighted by molar-refractivity contribution is 5.95. The number of hydrogen-bond donors (Lipinski definition) is 2. The highest BCUT2D eigenvalue weighted by Gasteiger charge is 2.23. The summed E-state index contributed by atoms with van der Waals surface area (Å²) in [5, 5.41) is 6.37. The van der Waals surface area contributed by atoms with E-state index in [1.807, 2.05) is 0 Å². The van der Waals surface area contributed by atoms with Gasteiger partial charge in [0.15, 0.2) is 11.5 Å². The second-order valence-electron chi connectivity index (χ2n) is 5.08. The lowest BCUT2D eigenvalue weighted by atomic mass is 10.0. The molecule has 2 heterocycles. The molecule has 1 saturated heterocycles. The second kappa shape index (κ2) is 5.09. The van der Waals surface area contributed by atoms with Crippen LogP contribution in [0, 0.1) is 5.92 Å². The van der Waals surface area contributed by atoms with Crippen LogP contribution in [0.15, 0.2) is 18.2 Å². The summed E-state index contributed by atoms with van der Waals surface area (Å²) in [6.45, 7) is 4.30. The summed E-state index contributed by atoms with van der Waals surface area (Å²) in [6.07, 6.45) is 1.11. The lowest BCUT2D eigenvalue weighted by Gasteiger charge is -2.19. The molecule has 0 bridgehead atoms. The molecular formula is C14H18N2O3. The van der Waals surface area contributed by atoms with Gasteiger partial charge in [0.05, 0.1) is 0 Å². The van der Waals surface area contributed by atoms with Crippen LogP contribution in [0.25, 0.3) is 0 Å². The van der Waals surface area contributed by atoms with Gasteiger partial charge in [0.2, 0.25) is 6.79 Å². The number of benzene rings is 1. The summed E-state index contributed by atoms with van der Waals surface area (Å²) in [4.78, 5) is 12.2. The molecule has 0 saturated carbocycles. The molecule has 1 aromatic rings. The van der Waals surface area contributed by atoms with Gasteiger partial charge in [0, 0.05) is 11.6 Å². The number of hydrogen-bond acceptors (Lipinski definition) is 4. The number of ether oxygens (including phenoxy) is 2. The number of carbonyl (C=O) groups is 1. The summed E-state index contributed by atoms with van der Waals surface area (Å²) in [5.41, 5.74) is 0.613. The van der Waals surface area contributed by atoms with Crippen LogP contribution in [0.1, 0.15) is 23.7 Å². The predicted octanol–water partition coefficient (Wildman–Crippen LogP) is 1.14. The first-order valence-electron chi connectivity index (χ1n) is 6.65. The molecule has 2 aliphatic heterocycles. The third kappa shape index (κ3) is 2.51. The van der Waals surface area contributed by atoms with Crippen LogP contribution < -0.4 is 20.1 Å². The van der Waals surface area contributed by atoms with Gasteiger partial charge in [-0.15, -0.1) is 0 Å². The maximum absolute atomic E-state index is 12.2. The van der Waals surface area contributed by atoms with Gasteiger partial charge < -0.3 is 20.1 Å². The van der Waals surface area contributed by atoms with Crippen molar-refractivity contribution in [2.45, 2.75) is 19.4 Å². The van der Waals surface area contributed by atoms with Crippen molar-refractivity contribution in [3.8, 4) is 11.5 Å². The molecule has 2 unspecified atom stereocenters. The molecule has 1 amide bonds. The summed E-state index contributed by atoms with van der Waals surface area (Å²) in [6, 6.07) is 5.45. The van der Waals surface area contributed by atoms with E-state index in [0.717, 1.165) is 19.5 Å². The molecule has 5 nitrogen and oxygen atoms in total. The predicted molar refractivity (Wildman–Crippen MR) is 70.5 cm³/mol. The fourth-order valence-corrected chi connectivity index (χ4v) is 2.55. The zero-order valence-electron chi connectivity index (χ0n) is 10.9. The Balaban J connectivity index is 1.66. The van der Waals surface area contributed by atoms with Gasteiger partial charge in [-0.05, 0) is 50.6 Å². The number of amides is 1. The Kier molecular flexibility index (Phi) is 3.29. The molecule has 2 atom stereocenters. The van der Waals surface area contributed by atoms with E-state index in [4.69, 9.17) is 9.47 Å². The SMILES string of the molecule is CC(NC(=O)c1ccc2c(c1)OCO2)C1CCNC1. The van der Waals surface area contributed by atoms with Crippen LogP contribution in [0.2, 0.25) is 0 Å². The molecule has 0 radical (unpaired) electrons. The molecule has 1 fully saturated rings. The topological polar surface area (TPSA) is 59.6 Å². The largest absolute Gasteiger partial charge is 0.454 e. The first kappa shape index (κ1) is 12.3. The minimum absolute atomic E-state index is 0.0577. The Morgan fingerprint density at radius 3 is 3.05 bits per heavy atom. The highest BCUT2D eigenvalue weighted by atomic mass is 16.7. The van der Waals surface area contributed by atoms with Gasteiger partial charge in [-0.2, -0.15) is 0 Å². The van der Waals surface area contributed by atoms with Crippen molar-refractivity contribution in [2.75, 3.05) is 19.9 Å². The van der Waals surface area contributed by atoms with E-state index >= 15 is 0 Å². The minimum Gasteiger partial charge on any atom is -0.454 e. The molecule has 1 aromatic carbocycles. The quantitative estimate of drug-likeness (QED) is 0.857. The fraction of sp³-hybridized carbons (Fsp3) is 0.500. The molecule has 19 heavy (non-hydrogen) atoms. The van der Waals surface area contributed by atoms with Crippen molar-refractivity contribution < 1.29 is 14.3 Å². The minimum atomic E-state index is -0.0577. The first-order chi connectivity index (χ1) is 9.24. The maximum Gasteiger partial charge on any atom is 0.251 e. The van der Waals surface area contributed by atoms with Crippen molar-refractivity contribution in [1.29, 1.82) is 0 Å². The van der Waals surface area contributed by atoms with E-state index in [2.05, 4.69) is 17.6 Å². The van der Waals surface area contributed by atoms with E-state index in [1.54, 1.807) is 18.2 Å². The van der Waals surface area contributed by atoms with Crippen molar-refractivity contribution in [2.24, 2.45) is 5.92 Å². The van der Waals surface area contributed by atoms with Gasteiger partial charge in [-0.25, -0.2) is 0 Å². The van der Waals surface area contributed by atoms with Gasteiger partial charge in [0.1, 0.15) is 0 Å². The molecule has 0 spiro atoms. The number of rotatable bonds is 3. The third-order valence-electron chi connectivity index (χ3n) is 3.80. The lowest BCUT2D eigenvalue weighted by molar-refractivity contribution is 0.0928. The monoisotopic (exact) mass is 262 g/mol. The second-order valence-corrected chi connectivity index (χ2v) is 5.08. The highest BCUT2D eigenvalue weighted by Crippen LogP contribution is 2.32. The van der Waals surface area contributed by atoms with Gasteiger partial charge in [0.25, 0.3) is 5.91 Å². The standard InChI is InChI=1S/C14H18N2O3/c1-9(11-4-5-15-7-11)16-14(17)10-2-3-12-13(6-10)19-8-18-12/h2-3,6,9,11,15H,4-5,7-8H2,1H3,(H,16,17). The first-order valence-corrected chi connectivity index (χ1v) is 6.65. The van der Waals surface area contributed by atoms with E-state index in [1.165, 1.54) is 0 Å². The molecule has 0 aromatic heterocycles. The van der Waals surface area contributed by atoms with Crippen molar-refractivity contribution >= 4 is 5.91 Å². The third-order valence-corrected chi connectivity index (χ3v) is 3.80. The number of nitrogens with one attached hydrogen (secondary N) is 2. The maximum atomic E-state index is 12.2. The van der Waals surface area contributed by atoms with E-state index < -0.39 is 0 Å². The average molecular weight is 262 g/mol. The van der Waals surface area contributed by atoms with E-state index in [0.29, 0.717) is 23.0 Å². The normalized spacial score (nSPS) is 22.3. The smallest absolute Gasteiger partial charge is 0.251 e. The van der Waals surface area contributed by atoms with Crippen molar-refractivity contribution in [3.05, 3.63) is 23.8 Å². The Morgan fingerprint density at radius 2 is 2.26 bits per heavy atom. The Hall–Kier alpha value is -1.75. The molecule has 0 aliphatic carbocycles. The molecule has 2 aliphatic rings. The van der Waals surface area contributed by atoms with Crippen molar-refractivity contribution in [3.63, 3.8) is 0 Å². The Morgan fingerprint density at radius 1 is 1.42 bits per heavy atom. The molecule has 102 valence electrons. The molecule has 5 heteroatoms.